The van der Waals surface area contributed by atoms with Crippen LogP contribution in [0.2, 0.25) is 0 Å². The highest BCUT2D eigenvalue weighted by atomic mass is 16.4. The Morgan fingerprint density at radius 1 is 1.32 bits per heavy atom. The third-order valence-electron chi connectivity index (χ3n) is 3.61. The van der Waals surface area contributed by atoms with Crippen molar-refractivity contribution in [2.24, 2.45) is 16.8 Å². The van der Waals surface area contributed by atoms with E-state index in [2.05, 4.69) is 10.5 Å². The maximum atomic E-state index is 11.9. The largest absolute Gasteiger partial charge is 0.409 e. The van der Waals surface area contributed by atoms with Crippen LogP contribution in [0.5, 0.6) is 0 Å². The van der Waals surface area contributed by atoms with E-state index in [1.807, 2.05) is 0 Å². The summed E-state index contributed by atoms with van der Waals surface area (Å²) in [4.78, 5) is 11.9. The Morgan fingerprint density at radius 2 is 1.95 bits per heavy atom. The molecule has 0 heterocycles. The molecule has 5 heteroatoms. The first-order valence-electron chi connectivity index (χ1n) is 6.57. The zero-order chi connectivity index (χ0) is 13.7. The number of benzene rings is 1. The summed E-state index contributed by atoms with van der Waals surface area (Å²) in [5.41, 5.74) is 6.63. The molecule has 0 spiro atoms. The smallest absolute Gasteiger partial charge is 0.251 e. The van der Waals surface area contributed by atoms with Crippen LogP contribution in [0, 0.1) is 5.92 Å². The molecule has 1 aliphatic rings. The molecule has 1 fully saturated rings. The van der Waals surface area contributed by atoms with Gasteiger partial charge in [0.2, 0.25) is 0 Å². The van der Waals surface area contributed by atoms with E-state index < -0.39 is 0 Å². The molecule has 0 aliphatic heterocycles. The molecule has 102 valence electrons. The first kappa shape index (κ1) is 13.4. The van der Waals surface area contributed by atoms with Crippen LogP contribution in [0.3, 0.4) is 0 Å². The molecule has 1 amide bonds. The lowest BCUT2D eigenvalue weighted by molar-refractivity contribution is 0.0949. The monoisotopic (exact) mass is 261 g/mol. The van der Waals surface area contributed by atoms with Gasteiger partial charge in [0.05, 0.1) is 0 Å². The number of amidine groups is 1. The van der Waals surface area contributed by atoms with Crippen molar-refractivity contribution in [3.05, 3.63) is 35.4 Å². The topological polar surface area (TPSA) is 87.7 Å². The SMILES string of the molecule is N/C(=N/O)c1ccc(C(=O)NCCC2CCC2)cc1. The number of oxime groups is 1. The second kappa shape index (κ2) is 6.22. The average molecular weight is 261 g/mol. The molecule has 5 nitrogen and oxygen atoms in total. The highest BCUT2D eigenvalue weighted by Gasteiger charge is 2.17. The molecule has 1 aromatic rings. The molecule has 0 radical (unpaired) electrons. The molecular formula is C14H19N3O2. The Balaban J connectivity index is 1.84. The van der Waals surface area contributed by atoms with Crippen LogP contribution in [0.4, 0.5) is 0 Å². The third kappa shape index (κ3) is 3.47. The number of nitrogens with two attached hydrogens (primary N) is 1. The van der Waals surface area contributed by atoms with E-state index in [9.17, 15) is 4.79 Å². The van der Waals surface area contributed by atoms with Gasteiger partial charge in [-0.1, -0.05) is 36.6 Å². The molecule has 0 saturated heterocycles. The summed E-state index contributed by atoms with van der Waals surface area (Å²) in [6.07, 6.45) is 4.98. The van der Waals surface area contributed by atoms with Crippen molar-refractivity contribution in [1.29, 1.82) is 0 Å². The number of rotatable bonds is 5. The molecule has 0 bridgehead atoms. The van der Waals surface area contributed by atoms with Gasteiger partial charge in [-0.15, -0.1) is 0 Å². The zero-order valence-electron chi connectivity index (χ0n) is 10.8. The molecule has 19 heavy (non-hydrogen) atoms. The Hall–Kier alpha value is -2.04. The molecule has 2 rings (SSSR count). The van der Waals surface area contributed by atoms with Gasteiger partial charge in [-0.2, -0.15) is 0 Å². The van der Waals surface area contributed by atoms with E-state index in [1.165, 1.54) is 19.3 Å². The molecule has 1 aromatic carbocycles. The fourth-order valence-corrected chi connectivity index (χ4v) is 2.12. The van der Waals surface area contributed by atoms with E-state index in [-0.39, 0.29) is 11.7 Å². The summed E-state index contributed by atoms with van der Waals surface area (Å²) in [6.45, 7) is 0.728. The minimum atomic E-state index is -0.0783. The van der Waals surface area contributed by atoms with Gasteiger partial charge in [-0.05, 0) is 24.5 Å². The Kier molecular flexibility index (Phi) is 4.39. The predicted octanol–water partition coefficient (Wildman–Crippen LogP) is 1.70. The van der Waals surface area contributed by atoms with Crippen molar-refractivity contribution in [1.82, 2.24) is 5.32 Å². The van der Waals surface area contributed by atoms with Crippen LogP contribution in [0.1, 0.15) is 41.6 Å². The summed E-state index contributed by atoms with van der Waals surface area (Å²) in [5.74, 6) is 0.755. The standard InChI is InChI=1S/C14H19N3O2/c15-13(17-19)11-4-6-12(7-5-11)14(18)16-9-8-10-2-1-3-10/h4-7,10,19H,1-3,8-9H2,(H2,15,17)(H,16,18). The average Bonchev–Trinajstić information content (AvgIpc) is 2.40. The Morgan fingerprint density at radius 3 is 2.47 bits per heavy atom. The second-order valence-corrected chi connectivity index (χ2v) is 4.90. The summed E-state index contributed by atoms with van der Waals surface area (Å²) in [6, 6.07) is 6.67. The van der Waals surface area contributed by atoms with E-state index in [0.717, 1.165) is 18.9 Å². The summed E-state index contributed by atoms with van der Waals surface area (Å²) < 4.78 is 0. The van der Waals surface area contributed by atoms with Gasteiger partial charge in [0.25, 0.3) is 5.91 Å². The van der Waals surface area contributed by atoms with Crippen LogP contribution in [-0.4, -0.2) is 23.5 Å². The van der Waals surface area contributed by atoms with Crippen molar-refractivity contribution >= 4 is 11.7 Å². The van der Waals surface area contributed by atoms with Gasteiger partial charge in [0, 0.05) is 17.7 Å². The minimum absolute atomic E-state index is 0.0388. The quantitative estimate of drug-likeness (QED) is 0.326. The Labute approximate surface area is 112 Å². The van der Waals surface area contributed by atoms with E-state index >= 15 is 0 Å². The van der Waals surface area contributed by atoms with E-state index in [4.69, 9.17) is 10.9 Å². The van der Waals surface area contributed by atoms with Gasteiger partial charge in [0.1, 0.15) is 0 Å². The van der Waals surface area contributed by atoms with Gasteiger partial charge >= 0.3 is 0 Å². The molecule has 0 unspecified atom stereocenters. The van der Waals surface area contributed by atoms with Crippen LogP contribution in [0.15, 0.2) is 29.4 Å². The maximum absolute atomic E-state index is 11.9. The third-order valence-corrected chi connectivity index (χ3v) is 3.61. The molecule has 1 aliphatic carbocycles. The minimum Gasteiger partial charge on any atom is -0.409 e. The van der Waals surface area contributed by atoms with Crippen LogP contribution in [0.25, 0.3) is 0 Å². The Bertz CT molecular complexity index is 464. The van der Waals surface area contributed by atoms with Crippen molar-refractivity contribution in [3.8, 4) is 0 Å². The van der Waals surface area contributed by atoms with Crippen molar-refractivity contribution in [3.63, 3.8) is 0 Å². The summed E-state index contributed by atoms with van der Waals surface area (Å²) >= 11 is 0. The number of nitrogens with zero attached hydrogens (tertiary/aromatic N) is 1. The van der Waals surface area contributed by atoms with Gasteiger partial charge in [0.15, 0.2) is 5.84 Å². The second-order valence-electron chi connectivity index (χ2n) is 4.90. The summed E-state index contributed by atoms with van der Waals surface area (Å²) in [5, 5.41) is 14.4. The van der Waals surface area contributed by atoms with Gasteiger partial charge in [-0.3, -0.25) is 4.79 Å². The number of hydrogen-bond acceptors (Lipinski definition) is 3. The number of nitrogens with one attached hydrogen (secondary N) is 1. The van der Waals surface area contributed by atoms with Gasteiger partial charge in [-0.25, -0.2) is 0 Å². The van der Waals surface area contributed by atoms with E-state index in [1.54, 1.807) is 24.3 Å². The molecule has 1 saturated carbocycles. The van der Waals surface area contributed by atoms with Crippen LogP contribution in [-0.2, 0) is 0 Å². The lowest BCUT2D eigenvalue weighted by atomic mass is 9.83. The molecule has 4 N–H and O–H groups in total. The molecule has 0 atom stereocenters. The van der Waals surface area contributed by atoms with Crippen molar-refractivity contribution in [2.45, 2.75) is 25.7 Å². The first-order chi connectivity index (χ1) is 9.20. The van der Waals surface area contributed by atoms with E-state index in [0.29, 0.717) is 11.1 Å². The maximum Gasteiger partial charge on any atom is 0.251 e. The predicted molar refractivity (Wildman–Crippen MR) is 73.2 cm³/mol. The number of carbonyl (C=O) groups is 1. The number of amides is 1. The van der Waals surface area contributed by atoms with Gasteiger partial charge < -0.3 is 16.3 Å². The highest BCUT2D eigenvalue weighted by Crippen LogP contribution is 2.28. The lowest BCUT2D eigenvalue weighted by Gasteiger charge is -2.25. The van der Waals surface area contributed by atoms with Crippen molar-refractivity contribution in [2.75, 3.05) is 6.54 Å². The normalized spacial score (nSPS) is 15.9. The number of carbonyl (C=O) groups excluding carboxylic acids is 1. The summed E-state index contributed by atoms with van der Waals surface area (Å²) in [7, 11) is 0. The highest BCUT2D eigenvalue weighted by molar-refractivity contribution is 5.99. The zero-order valence-corrected chi connectivity index (χ0v) is 10.8. The fraction of sp³-hybridized carbons (Fsp3) is 0.429. The molecular weight excluding hydrogens is 242 g/mol. The van der Waals surface area contributed by atoms with Crippen LogP contribution >= 0.6 is 0 Å². The van der Waals surface area contributed by atoms with Crippen LogP contribution < -0.4 is 11.1 Å². The van der Waals surface area contributed by atoms with Crippen molar-refractivity contribution < 1.29 is 10.0 Å². The first-order valence-corrected chi connectivity index (χ1v) is 6.57. The molecule has 0 aromatic heterocycles. The lowest BCUT2D eigenvalue weighted by Crippen LogP contribution is -2.27. The number of hydrogen-bond donors (Lipinski definition) is 3. The fourth-order valence-electron chi connectivity index (χ4n) is 2.12.